The van der Waals surface area contributed by atoms with E-state index in [-0.39, 0.29) is 0 Å². The second-order valence-corrected chi connectivity index (χ2v) is 7.96. The first-order chi connectivity index (χ1) is 8.98. The average molecular weight is 303 g/mol. The minimum absolute atomic E-state index is 0.303. The van der Waals surface area contributed by atoms with Crippen molar-refractivity contribution in [3.05, 3.63) is 17.0 Å². The Kier molecular flexibility index (Phi) is 4.62. The fraction of sp³-hybridized carbons (Fsp3) is 0.667. The Labute approximate surface area is 119 Å². The Bertz CT molecular complexity index is 527. The smallest absolute Gasteiger partial charge is 0.252 e. The molecule has 2 rings (SSSR count). The minimum atomic E-state index is -3.35. The van der Waals surface area contributed by atoms with Crippen molar-refractivity contribution in [2.24, 2.45) is 5.73 Å². The van der Waals surface area contributed by atoms with Crippen LogP contribution in [-0.2, 0) is 16.6 Å². The number of nitrogens with zero attached hydrogens (tertiary/aromatic N) is 2. The van der Waals surface area contributed by atoms with Gasteiger partial charge in [-0.15, -0.1) is 11.3 Å². The third kappa shape index (κ3) is 3.00. The van der Waals surface area contributed by atoms with Crippen LogP contribution in [0.1, 0.15) is 18.9 Å². The molecule has 0 amide bonds. The molecule has 0 radical (unpaired) electrons. The number of hydrogen-bond acceptors (Lipinski definition) is 5. The van der Waals surface area contributed by atoms with E-state index in [1.165, 1.54) is 11.3 Å². The molecule has 1 fully saturated rings. The fourth-order valence-corrected chi connectivity index (χ4v) is 5.14. The van der Waals surface area contributed by atoms with E-state index in [0.29, 0.717) is 29.9 Å². The third-order valence-electron chi connectivity index (χ3n) is 3.67. The van der Waals surface area contributed by atoms with E-state index in [2.05, 4.69) is 18.9 Å². The topological polar surface area (TPSA) is 66.6 Å². The highest BCUT2D eigenvalue weighted by Gasteiger charge is 2.32. The second-order valence-electron chi connectivity index (χ2n) is 4.88. The van der Waals surface area contributed by atoms with Crippen LogP contribution in [0.2, 0.25) is 0 Å². The molecule has 0 saturated carbocycles. The zero-order valence-electron chi connectivity index (χ0n) is 11.4. The molecule has 1 atom stereocenters. The molecule has 1 aromatic heterocycles. The standard InChI is InChI=1S/C12H21N3O2S2/c1-3-11-8-15(5-4-14(11)2)19(16,17)12-6-10(7-13)9-18-12/h6,9,11H,3-5,7-8,13H2,1-2H3. The Balaban J connectivity index is 2.20. The summed E-state index contributed by atoms with van der Waals surface area (Å²) in [5.41, 5.74) is 6.42. The van der Waals surface area contributed by atoms with Crippen molar-refractivity contribution in [2.75, 3.05) is 26.7 Å². The summed E-state index contributed by atoms with van der Waals surface area (Å²) in [6, 6.07) is 2.00. The lowest BCUT2D eigenvalue weighted by Gasteiger charge is -2.38. The van der Waals surface area contributed by atoms with E-state index in [9.17, 15) is 8.42 Å². The number of likely N-dealkylation sites (N-methyl/N-ethyl adjacent to an activating group) is 1. The predicted molar refractivity (Wildman–Crippen MR) is 77.7 cm³/mol. The highest BCUT2D eigenvalue weighted by molar-refractivity contribution is 7.91. The number of sulfonamides is 1. The maximum absolute atomic E-state index is 12.6. The van der Waals surface area contributed by atoms with Gasteiger partial charge in [0, 0.05) is 32.2 Å². The molecule has 1 saturated heterocycles. The van der Waals surface area contributed by atoms with Gasteiger partial charge >= 0.3 is 0 Å². The molecule has 2 N–H and O–H groups in total. The van der Waals surface area contributed by atoms with Crippen molar-refractivity contribution < 1.29 is 8.42 Å². The van der Waals surface area contributed by atoms with Crippen molar-refractivity contribution in [2.45, 2.75) is 30.1 Å². The quantitative estimate of drug-likeness (QED) is 0.898. The molecular formula is C12H21N3O2S2. The Morgan fingerprint density at radius 3 is 2.79 bits per heavy atom. The molecule has 19 heavy (non-hydrogen) atoms. The van der Waals surface area contributed by atoms with Gasteiger partial charge in [-0.2, -0.15) is 4.31 Å². The normalized spacial score (nSPS) is 22.8. The molecule has 0 bridgehead atoms. The van der Waals surface area contributed by atoms with Gasteiger partial charge in [-0.05, 0) is 30.5 Å². The molecule has 1 aliphatic heterocycles. The van der Waals surface area contributed by atoms with Gasteiger partial charge in [-0.3, -0.25) is 0 Å². The van der Waals surface area contributed by atoms with Crippen LogP contribution in [0.3, 0.4) is 0 Å². The fourth-order valence-electron chi connectivity index (χ4n) is 2.30. The van der Waals surface area contributed by atoms with Gasteiger partial charge in [-0.1, -0.05) is 6.92 Å². The van der Waals surface area contributed by atoms with E-state index in [4.69, 9.17) is 5.73 Å². The summed E-state index contributed by atoms with van der Waals surface area (Å²) in [6.45, 7) is 4.39. The van der Waals surface area contributed by atoms with Crippen molar-refractivity contribution in [3.63, 3.8) is 0 Å². The van der Waals surface area contributed by atoms with E-state index < -0.39 is 10.0 Å². The van der Waals surface area contributed by atoms with Gasteiger partial charge in [0.1, 0.15) is 4.21 Å². The average Bonchev–Trinajstić information content (AvgIpc) is 2.88. The Morgan fingerprint density at radius 2 is 2.21 bits per heavy atom. The molecule has 2 heterocycles. The Hall–Kier alpha value is -0.470. The molecule has 108 valence electrons. The first kappa shape index (κ1) is 14.9. The van der Waals surface area contributed by atoms with Crippen LogP contribution >= 0.6 is 11.3 Å². The highest BCUT2D eigenvalue weighted by atomic mass is 32.2. The molecule has 0 aliphatic carbocycles. The van der Waals surface area contributed by atoms with Gasteiger partial charge in [0.15, 0.2) is 0 Å². The summed E-state index contributed by atoms with van der Waals surface area (Å²) in [5, 5.41) is 1.82. The van der Waals surface area contributed by atoms with E-state index in [0.717, 1.165) is 18.5 Å². The van der Waals surface area contributed by atoms with Crippen LogP contribution in [0.15, 0.2) is 15.7 Å². The number of piperazine rings is 1. The van der Waals surface area contributed by atoms with Crippen LogP contribution in [0.25, 0.3) is 0 Å². The maximum atomic E-state index is 12.6. The summed E-state index contributed by atoms with van der Waals surface area (Å²) < 4.78 is 27.1. The lowest BCUT2D eigenvalue weighted by molar-refractivity contribution is 0.144. The first-order valence-electron chi connectivity index (χ1n) is 6.47. The Morgan fingerprint density at radius 1 is 1.47 bits per heavy atom. The lowest BCUT2D eigenvalue weighted by atomic mass is 10.1. The van der Waals surface area contributed by atoms with Crippen molar-refractivity contribution >= 4 is 21.4 Å². The summed E-state index contributed by atoms with van der Waals surface area (Å²) in [4.78, 5) is 2.23. The van der Waals surface area contributed by atoms with Crippen LogP contribution in [0, 0.1) is 0 Å². The van der Waals surface area contributed by atoms with E-state index >= 15 is 0 Å². The number of hydrogen-bond donors (Lipinski definition) is 1. The lowest BCUT2D eigenvalue weighted by Crippen LogP contribution is -2.52. The van der Waals surface area contributed by atoms with Gasteiger partial charge in [0.2, 0.25) is 0 Å². The molecule has 5 nitrogen and oxygen atoms in total. The van der Waals surface area contributed by atoms with Gasteiger partial charge in [0.05, 0.1) is 0 Å². The zero-order valence-corrected chi connectivity index (χ0v) is 13.0. The highest BCUT2D eigenvalue weighted by Crippen LogP contribution is 2.26. The largest absolute Gasteiger partial charge is 0.326 e. The summed E-state index contributed by atoms with van der Waals surface area (Å²) in [5.74, 6) is 0. The van der Waals surface area contributed by atoms with Crippen LogP contribution in [0.4, 0.5) is 0 Å². The predicted octanol–water partition coefficient (Wildman–Crippen LogP) is 0.922. The van der Waals surface area contributed by atoms with E-state index in [1.54, 1.807) is 10.4 Å². The minimum Gasteiger partial charge on any atom is -0.326 e. The summed E-state index contributed by atoms with van der Waals surface area (Å²) in [6.07, 6.45) is 0.959. The number of rotatable bonds is 4. The van der Waals surface area contributed by atoms with Crippen LogP contribution in [-0.4, -0.2) is 50.3 Å². The number of thiophene rings is 1. The van der Waals surface area contributed by atoms with Crippen LogP contribution in [0.5, 0.6) is 0 Å². The zero-order chi connectivity index (χ0) is 14.0. The molecule has 1 aliphatic rings. The second kappa shape index (κ2) is 5.88. The SMILES string of the molecule is CCC1CN(S(=O)(=O)c2cc(CN)cs2)CCN1C. The molecule has 1 unspecified atom stereocenters. The van der Waals surface area contributed by atoms with Gasteiger partial charge in [-0.25, -0.2) is 8.42 Å². The van der Waals surface area contributed by atoms with Crippen molar-refractivity contribution in [3.8, 4) is 0 Å². The first-order valence-corrected chi connectivity index (χ1v) is 8.79. The van der Waals surface area contributed by atoms with Crippen LogP contribution < -0.4 is 5.73 Å². The molecular weight excluding hydrogens is 282 g/mol. The maximum Gasteiger partial charge on any atom is 0.252 e. The van der Waals surface area contributed by atoms with Crippen molar-refractivity contribution in [1.82, 2.24) is 9.21 Å². The third-order valence-corrected chi connectivity index (χ3v) is 7.00. The molecule has 1 aromatic rings. The van der Waals surface area contributed by atoms with Gasteiger partial charge < -0.3 is 10.6 Å². The van der Waals surface area contributed by atoms with Gasteiger partial charge in [0.25, 0.3) is 10.0 Å². The number of nitrogens with two attached hydrogens (primary N) is 1. The van der Waals surface area contributed by atoms with E-state index in [1.807, 2.05) is 5.38 Å². The van der Waals surface area contributed by atoms with Crippen molar-refractivity contribution in [1.29, 1.82) is 0 Å². The summed E-state index contributed by atoms with van der Waals surface area (Å²) in [7, 11) is -1.30. The molecule has 7 heteroatoms. The molecule has 0 spiro atoms. The molecule has 0 aromatic carbocycles. The summed E-state index contributed by atoms with van der Waals surface area (Å²) >= 11 is 1.26. The monoisotopic (exact) mass is 303 g/mol.